The van der Waals surface area contributed by atoms with E-state index in [4.69, 9.17) is 0 Å². The van der Waals surface area contributed by atoms with Crippen molar-refractivity contribution in [3.63, 3.8) is 0 Å². The predicted molar refractivity (Wildman–Crippen MR) is 107 cm³/mol. The van der Waals surface area contributed by atoms with Crippen LogP contribution in [0.3, 0.4) is 0 Å². The van der Waals surface area contributed by atoms with Crippen LogP contribution in [0.15, 0.2) is 48.8 Å². The van der Waals surface area contributed by atoms with Gasteiger partial charge in [0.1, 0.15) is 5.82 Å². The highest BCUT2D eigenvalue weighted by atomic mass is 19.1. The number of urea groups is 1. The average molecular weight is 381 g/mol. The molecule has 1 atom stereocenters. The number of halogens is 1. The fourth-order valence-corrected chi connectivity index (χ4v) is 4.60. The van der Waals surface area contributed by atoms with Crippen molar-refractivity contribution in [3.05, 3.63) is 65.7 Å². The van der Waals surface area contributed by atoms with Crippen molar-refractivity contribution in [2.75, 3.05) is 13.1 Å². The van der Waals surface area contributed by atoms with Gasteiger partial charge in [0, 0.05) is 30.9 Å². The average Bonchev–Trinajstić information content (AvgIpc) is 2.95. The monoisotopic (exact) mass is 381 g/mol. The highest BCUT2D eigenvalue weighted by Crippen LogP contribution is 2.43. The van der Waals surface area contributed by atoms with Gasteiger partial charge in [0.15, 0.2) is 0 Å². The molecule has 2 fully saturated rings. The molecule has 2 aliphatic rings. The molecule has 1 aliphatic carbocycles. The minimum atomic E-state index is -0.216. The standard InChI is InChI=1S/C23H28FN3O/c24-20-8-6-19(7-9-20)23(12-4-13-23)17-26-22(28)27-16-3-1-2-5-21(27)18-10-14-25-15-11-18/h6-11,14-15,21H,1-5,12-13,16-17H2,(H,26,28)/t21-/m0/s1. The van der Waals surface area contributed by atoms with E-state index in [0.29, 0.717) is 6.54 Å². The summed E-state index contributed by atoms with van der Waals surface area (Å²) in [5.41, 5.74) is 2.23. The van der Waals surface area contributed by atoms with E-state index in [1.165, 1.54) is 12.1 Å². The molecule has 0 bridgehead atoms. The normalized spacial score (nSPS) is 21.5. The number of aromatic nitrogens is 1. The first-order chi connectivity index (χ1) is 13.7. The van der Waals surface area contributed by atoms with Crippen LogP contribution in [0.25, 0.3) is 0 Å². The molecule has 1 saturated carbocycles. The van der Waals surface area contributed by atoms with Gasteiger partial charge in [0.25, 0.3) is 0 Å². The van der Waals surface area contributed by atoms with Crippen LogP contribution in [-0.4, -0.2) is 29.0 Å². The lowest BCUT2D eigenvalue weighted by atomic mass is 9.64. The van der Waals surface area contributed by atoms with Crippen LogP contribution >= 0.6 is 0 Å². The van der Waals surface area contributed by atoms with E-state index in [1.54, 1.807) is 12.4 Å². The number of nitrogens with zero attached hydrogens (tertiary/aromatic N) is 2. The number of rotatable bonds is 4. The second kappa shape index (κ2) is 8.29. The number of pyridine rings is 1. The summed E-state index contributed by atoms with van der Waals surface area (Å²) in [5.74, 6) is -0.216. The lowest BCUT2D eigenvalue weighted by Gasteiger charge is -2.43. The molecule has 0 spiro atoms. The third kappa shape index (κ3) is 3.89. The molecular weight excluding hydrogens is 353 g/mol. The molecule has 4 rings (SSSR count). The molecule has 1 N–H and O–H groups in total. The first-order valence-electron chi connectivity index (χ1n) is 10.4. The van der Waals surface area contributed by atoms with Gasteiger partial charge in [-0.1, -0.05) is 31.4 Å². The summed E-state index contributed by atoms with van der Waals surface area (Å²) in [6.45, 7) is 1.39. The van der Waals surface area contributed by atoms with Gasteiger partial charge in [-0.2, -0.15) is 0 Å². The quantitative estimate of drug-likeness (QED) is 0.813. The van der Waals surface area contributed by atoms with Gasteiger partial charge in [-0.15, -0.1) is 0 Å². The van der Waals surface area contributed by atoms with Crippen LogP contribution in [-0.2, 0) is 5.41 Å². The molecule has 1 aromatic heterocycles. The molecule has 2 aromatic rings. The summed E-state index contributed by atoms with van der Waals surface area (Å²) >= 11 is 0. The van der Waals surface area contributed by atoms with E-state index in [9.17, 15) is 9.18 Å². The number of nitrogens with one attached hydrogen (secondary N) is 1. The fourth-order valence-electron chi connectivity index (χ4n) is 4.60. The minimum absolute atomic E-state index is 0.0112. The number of hydrogen-bond donors (Lipinski definition) is 1. The molecule has 0 radical (unpaired) electrons. The number of hydrogen-bond acceptors (Lipinski definition) is 2. The van der Waals surface area contributed by atoms with Gasteiger partial charge in [-0.3, -0.25) is 4.98 Å². The first-order valence-corrected chi connectivity index (χ1v) is 10.4. The molecule has 1 aromatic carbocycles. The van der Waals surface area contributed by atoms with Crippen molar-refractivity contribution < 1.29 is 9.18 Å². The third-order valence-corrected chi connectivity index (χ3v) is 6.45. The summed E-state index contributed by atoms with van der Waals surface area (Å²) in [6, 6.07) is 10.9. The molecule has 148 valence electrons. The number of carbonyl (C=O) groups is 1. The molecule has 2 heterocycles. The second-order valence-electron chi connectivity index (χ2n) is 8.14. The van der Waals surface area contributed by atoms with E-state index in [0.717, 1.165) is 62.6 Å². The van der Waals surface area contributed by atoms with Crippen molar-refractivity contribution in [2.45, 2.75) is 56.4 Å². The zero-order chi connectivity index (χ0) is 19.4. The maximum Gasteiger partial charge on any atom is 0.317 e. The van der Waals surface area contributed by atoms with Crippen molar-refractivity contribution in [1.29, 1.82) is 0 Å². The smallest absolute Gasteiger partial charge is 0.317 e. The predicted octanol–water partition coefficient (Wildman–Crippen LogP) is 4.97. The maximum absolute atomic E-state index is 13.3. The Morgan fingerprint density at radius 3 is 2.50 bits per heavy atom. The van der Waals surface area contributed by atoms with Gasteiger partial charge < -0.3 is 10.2 Å². The highest BCUT2D eigenvalue weighted by Gasteiger charge is 2.39. The Labute approximate surface area is 166 Å². The zero-order valence-corrected chi connectivity index (χ0v) is 16.2. The SMILES string of the molecule is O=C(NCC1(c2ccc(F)cc2)CCC1)N1CCCCC[C@H]1c1ccncc1. The van der Waals surface area contributed by atoms with Crippen LogP contribution in [0.2, 0.25) is 0 Å². The van der Waals surface area contributed by atoms with Gasteiger partial charge in [0.2, 0.25) is 0 Å². The third-order valence-electron chi connectivity index (χ3n) is 6.45. The Bertz CT molecular complexity index is 789. The van der Waals surface area contributed by atoms with Gasteiger partial charge >= 0.3 is 6.03 Å². The summed E-state index contributed by atoms with van der Waals surface area (Å²) < 4.78 is 13.3. The summed E-state index contributed by atoms with van der Waals surface area (Å²) in [6.07, 6.45) is 11.1. The lowest BCUT2D eigenvalue weighted by Crippen LogP contribution is -2.50. The van der Waals surface area contributed by atoms with Gasteiger partial charge in [-0.05, 0) is 61.1 Å². The molecular formula is C23H28FN3O. The zero-order valence-electron chi connectivity index (χ0n) is 16.2. The summed E-state index contributed by atoms with van der Waals surface area (Å²) in [4.78, 5) is 19.3. The minimum Gasteiger partial charge on any atom is -0.337 e. The Hall–Kier alpha value is -2.43. The topological polar surface area (TPSA) is 45.2 Å². The molecule has 5 heteroatoms. The van der Waals surface area contributed by atoms with Crippen LogP contribution in [0.4, 0.5) is 9.18 Å². The van der Waals surface area contributed by atoms with Gasteiger partial charge in [-0.25, -0.2) is 9.18 Å². The van der Waals surface area contributed by atoms with Crippen LogP contribution in [0, 0.1) is 5.82 Å². The molecule has 28 heavy (non-hydrogen) atoms. The summed E-state index contributed by atoms with van der Waals surface area (Å²) in [7, 11) is 0. The van der Waals surface area contributed by atoms with Crippen LogP contribution in [0.5, 0.6) is 0 Å². The van der Waals surface area contributed by atoms with E-state index in [1.807, 2.05) is 29.2 Å². The highest BCUT2D eigenvalue weighted by molar-refractivity contribution is 5.75. The number of likely N-dealkylation sites (tertiary alicyclic amines) is 1. The first kappa shape index (κ1) is 18.9. The van der Waals surface area contributed by atoms with Crippen LogP contribution in [0.1, 0.15) is 62.1 Å². The van der Waals surface area contributed by atoms with E-state index < -0.39 is 0 Å². The number of benzene rings is 1. The second-order valence-corrected chi connectivity index (χ2v) is 8.14. The van der Waals surface area contributed by atoms with Crippen molar-refractivity contribution >= 4 is 6.03 Å². The largest absolute Gasteiger partial charge is 0.337 e. The maximum atomic E-state index is 13.3. The molecule has 4 nitrogen and oxygen atoms in total. The molecule has 2 amide bonds. The van der Waals surface area contributed by atoms with Crippen LogP contribution < -0.4 is 5.32 Å². The van der Waals surface area contributed by atoms with Gasteiger partial charge in [0.05, 0.1) is 6.04 Å². The lowest BCUT2D eigenvalue weighted by molar-refractivity contribution is 0.165. The summed E-state index contributed by atoms with van der Waals surface area (Å²) in [5, 5.41) is 3.21. The van der Waals surface area contributed by atoms with Crippen molar-refractivity contribution in [2.24, 2.45) is 0 Å². The molecule has 0 unspecified atom stereocenters. The van der Waals surface area contributed by atoms with E-state index in [2.05, 4.69) is 10.3 Å². The molecule has 1 saturated heterocycles. The Morgan fingerprint density at radius 1 is 1.07 bits per heavy atom. The Kier molecular flexibility index (Phi) is 5.60. The molecule has 1 aliphatic heterocycles. The van der Waals surface area contributed by atoms with E-state index in [-0.39, 0.29) is 23.3 Å². The number of amides is 2. The Morgan fingerprint density at radius 2 is 1.82 bits per heavy atom. The van der Waals surface area contributed by atoms with Crippen molar-refractivity contribution in [3.8, 4) is 0 Å². The fraction of sp³-hybridized carbons (Fsp3) is 0.478. The Balaban J connectivity index is 1.47. The number of carbonyl (C=O) groups excluding carboxylic acids is 1. The van der Waals surface area contributed by atoms with E-state index >= 15 is 0 Å². The van der Waals surface area contributed by atoms with Crippen molar-refractivity contribution in [1.82, 2.24) is 15.2 Å².